The molecule has 1 aliphatic rings. The first-order valence-electron chi connectivity index (χ1n) is 4.28. The van der Waals surface area contributed by atoms with Crippen molar-refractivity contribution in [1.82, 2.24) is 0 Å². The third kappa shape index (κ3) is 1.74. The lowest BCUT2D eigenvalue weighted by atomic mass is 10.2. The predicted molar refractivity (Wildman–Crippen MR) is 49.1 cm³/mol. The molecule has 2 rings (SSSR count). The number of hydrogen-bond donors (Lipinski definition) is 0. The first kappa shape index (κ1) is 10.2. The van der Waals surface area contributed by atoms with E-state index in [9.17, 15) is 14.9 Å². The van der Waals surface area contributed by atoms with Gasteiger partial charge >= 0.3 is 12.7 Å². The average Bonchev–Trinajstić information content (AvgIpc) is 2.72. The zero-order valence-electron chi connectivity index (χ0n) is 7.91. The Kier molecular flexibility index (Phi) is 2.59. The number of fused-ring (bicyclic) bond motifs is 1. The Labute approximate surface area is 89.7 Å². The van der Waals surface area contributed by atoms with Crippen LogP contribution >= 0.6 is 0 Å². The van der Waals surface area contributed by atoms with E-state index in [1.807, 2.05) is 0 Å². The second kappa shape index (κ2) is 4.05. The molecule has 0 amide bonds. The standard InChI is InChI=1S/C9H6NO6/c11-4-14-9(10(12)13)6-1-2-7-8(3-6)16-5-15-7/h1-3,9H,5H2. The largest absolute Gasteiger partial charge is 0.454 e. The Hall–Kier alpha value is -2.31. The quantitative estimate of drug-likeness (QED) is 0.426. The van der Waals surface area contributed by atoms with Crippen LogP contribution < -0.4 is 9.47 Å². The van der Waals surface area contributed by atoms with Gasteiger partial charge in [0.05, 0.1) is 10.5 Å². The van der Waals surface area contributed by atoms with Crippen LogP contribution in [0.3, 0.4) is 0 Å². The summed E-state index contributed by atoms with van der Waals surface area (Å²) in [6.07, 6.45) is -1.58. The molecule has 0 fully saturated rings. The Morgan fingerprint density at radius 3 is 2.88 bits per heavy atom. The summed E-state index contributed by atoms with van der Waals surface area (Å²) in [6.45, 7) is 1.12. The molecule has 0 N–H and O–H groups in total. The SMILES string of the molecule is O=[C]OC(c1ccc2c(c1)OCO2)[N+](=O)[O-]. The van der Waals surface area contributed by atoms with E-state index in [1.54, 1.807) is 0 Å². The van der Waals surface area contributed by atoms with Gasteiger partial charge in [-0.25, -0.2) is 4.79 Å². The van der Waals surface area contributed by atoms with Crippen molar-refractivity contribution in [3.63, 3.8) is 0 Å². The normalized spacial score (nSPS) is 14.2. The monoisotopic (exact) mass is 224 g/mol. The molecule has 1 atom stereocenters. The highest BCUT2D eigenvalue weighted by molar-refractivity contribution is 5.46. The Morgan fingerprint density at radius 2 is 2.19 bits per heavy atom. The van der Waals surface area contributed by atoms with Gasteiger partial charge in [-0.2, -0.15) is 0 Å². The van der Waals surface area contributed by atoms with Crippen LogP contribution in [0.1, 0.15) is 11.8 Å². The molecule has 0 spiro atoms. The molecule has 1 heterocycles. The smallest absolute Gasteiger partial charge is 0.423 e. The number of ether oxygens (including phenoxy) is 3. The minimum absolute atomic E-state index is 0.0720. The molecule has 0 bridgehead atoms. The minimum Gasteiger partial charge on any atom is -0.454 e. The molecule has 16 heavy (non-hydrogen) atoms. The van der Waals surface area contributed by atoms with Crippen LogP contribution in [-0.2, 0) is 9.53 Å². The van der Waals surface area contributed by atoms with Gasteiger partial charge in [-0.05, 0) is 18.2 Å². The molecule has 1 aromatic rings. The zero-order chi connectivity index (χ0) is 11.5. The van der Waals surface area contributed by atoms with Gasteiger partial charge in [0, 0.05) is 0 Å². The van der Waals surface area contributed by atoms with Crippen LogP contribution in [0.5, 0.6) is 11.5 Å². The maximum absolute atomic E-state index is 10.6. The molecule has 0 saturated heterocycles. The summed E-state index contributed by atoms with van der Waals surface area (Å²) in [7, 11) is 0. The van der Waals surface area contributed by atoms with Gasteiger partial charge in [-0.3, -0.25) is 10.1 Å². The van der Waals surface area contributed by atoms with Crippen LogP contribution in [0, 0.1) is 10.1 Å². The highest BCUT2D eigenvalue weighted by atomic mass is 16.7. The predicted octanol–water partition coefficient (Wildman–Crippen LogP) is 0.774. The number of benzene rings is 1. The molecule has 1 radical (unpaired) electrons. The summed E-state index contributed by atoms with van der Waals surface area (Å²) in [6, 6.07) is 4.34. The lowest BCUT2D eigenvalue weighted by Gasteiger charge is -2.06. The molecule has 1 unspecified atom stereocenters. The number of nitro groups is 1. The van der Waals surface area contributed by atoms with Crippen molar-refractivity contribution in [2.45, 2.75) is 6.23 Å². The lowest BCUT2D eigenvalue weighted by molar-refractivity contribution is -0.573. The Bertz CT molecular complexity index is 432. The van der Waals surface area contributed by atoms with E-state index in [0.29, 0.717) is 11.5 Å². The van der Waals surface area contributed by atoms with Crippen molar-refractivity contribution in [3.05, 3.63) is 33.9 Å². The van der Waals surface area contributed by atoms with Gasteiger partial charge in [-0.15, -0.1) is 0 Å². The highest BCUT2D eigenvalue weighted by Crippen LogP contribution is 2.34. The van der Waals surface area contributed by atoms with Gasteiger partial charge in [-0.1, -0.05) is 0 Å². The summed E-state index contributed by atoms with van der Waals surface area (Å²) in [5.41, 5.74) is 0.192. The second-order valence-electron chi connectivity index (χ2n) is 2.95. The summed E-state index contributed by atoms with van der Waals surface area (Å²) in [4.78, 5) is 19.9. The third-order valence-electron chi connectivity index (χ3n) is 2.03. The maximum Gasteiger partial charge on any atom is 0.423 e. The number of nitrogens with zero attached hydrogens (tertiary/aromatic N) is 1. The van der Waals surface area contributed by atoms with Crippen LogP contribution in [0.25, 0.3) is 0 Å². The summed E-state index contributed by atoms with van der Waals surface area (Å²) < 4.78 is 14.3. The number of carbonyl (C=O) groups excluding carboxylic acids is 1. The molecule has 7 nitrogen and oxygen atoms in total. The number of hydrogen-bond acceptors (Lipinski definition) is 6. The fraction of sp³-hybridized carbons (Fsp3) is 0.222. The average molecular weight is 224 g/mol. The van der Waals surface area contributed by atoms with E-state index in [-0.39, 0.29) is 12.4 Å². The van der Waals surface area contributed by atoms with E-state index < -0.39 is 11.2 Å². The van der Waals surface area contributed by atoms with Crippen molar-refractivity contribution < 1.29 is 23.9 Å². The van der Waals surface area contributed by atoms with Crippen LogP contribution in [0.2, 0.25) is 0 Å². The zero-order valence-corrected chi connectivity index (χ0v) is 7.91. The Balaban J connectivity index is 2.31. The topological polar surface area (TPSA) is 87.9 Å². The number of rotatable bonds is 4. The molecule has 0 saturated carbocycles. The van der Waals surface area contributed by atoms with Gasteiger partial charge < -0.3 is 14.2 Å². The van der Waals surface area contributed by atoms with Gasteiger partial charge in [0.1, 0.15) is 0 Å². The maximum atomic E-state index is 10.6. The summed E-state index contributed by atoms with van der Waals surface area (Å²) in [5.74, 6) is 0.889. The van der Waals surface area contributed by atoms with Gasteiger partial charge in [0.15, 0.2) is 11.5 Å². The lowest BCUT2D eigenvalue weighted by Crippen LogP contribution is -2.13. The van der Waals surface area contributed by atoms with Crippen molar-refractivity contribution >= 4 is 6.47 Å². The van der Waals surface area contributed by atoms with Crippen molar-refractivity contribution in [3.8, 4) is 11.5 Å². The molecular formula is C9H6NO6. The molecule has 0 aromatic heterocycles. The summed E-state index contributed by atoms with van der Waals surface area (Å²) >= 11 is 0. The van der Waals surface area contributed by atoms with E-state index in [2.05, 4.69) is 4.74 Å². The molecular weight excluding hydrogens is 218 g/mol. The van der Waals surface area contributed by atoms with E-state index in [4.69, 9.17) is 9.47 Å². The first-order chi connectivity index (χ1) is 7.72. The molecule has 1 aromatic carbocycles. The first-order valence-corrected chi connectivity index (χ1v) is 4.28. The van der Waals surface area contributed by atoms with E-state index in [0.717, 1.165) is 6.47 Å². The van der Waals surface area contributed by atoms with Crippen molar-refractivity contribution in [2.24, 2.45) is 0 Å². The van der Waals surface area contributed by atoms with Gasteiger partial charge in [0.2, 0.25) is 6.79 Å². The van der Waals surface area contributed by atoms with E-state index >= 15 is 0 Å². The summed E-state index contributed by atoms with van der Waals surface area (Å²) in [5, 5.41) is 10.6. The van der Waals surface area contributed by atoms with Gasteiger partial charge in [0.25, 0.3) is 0 Å². The third-order valence-corrected chi connectivity index (χ3v) is 2.03. The second-order valence-corrected chi connectivity index (χ2v) is 2.95. The molecule has 1 aliphatic heterocycles. The minimum atomic E-state index is -1.58. The molecule has 83 valence electrons. The van der Waals surface area contributed by atoms with Crippen molar-refractivity contribution in [2.75, 3.05) is 6.79 Å². The fourth-order valence-electron chi connectivity index (χ4n) is 1.35. The Morgan fingerprint density at radius 1 is 1.44 bits per heavy atom. The molecule has 7 heteroatoms. The van der Waals surface area contributed by atoms with Crippen LogP contribution in [-0.4, -0.2) is 18.2 Å². The van der Waals surface area contributed by atoms with Crippen LogP contribution in [0.15, 0.2) is 18.2 Å². The van der Waals surface area contributed by atoms with Crippen molar-refractivity contribution in [1.29, 1.82) is 0 Å². The fourth-order valence-corrected chi connectivity index (χ4v) is 1.35. The van der Waals surface area contributed by atoms with Crippen LogP contribution in [0.4, 0.5) is 0 Å². The van der Waals surface area contributed by atoms with E-state index in [1.165, 1.54) is 18.2 Å². The highest BCUT2D eigenvalue weighted by Gasteiger charge is 2.27. The molecule has 0 aliphatic carbocycles.